The molecule has 0 radical (unpaired) electrons. The van der Waals surface area contributed by atoms with Gasteiger partial charge >= 0.3 is 0 Å². The minimum Gasteiger partial charge on any atom is -0.326 e. The van der Waals surface area contributed by atoms with Crippen LogP contribution < -0.4 is 0 Å². The molecule has 0 saturated carbocycles. The third-order valence-corrected chi connectivity index (χ3v) is 5.61. The number of quaternary nitrogens is 2. The number of hydrogen-bond donors (Lipinski definition) is 0. The Morgan fingerprint density at radius 2 is 1.00 bits per heavy atom. The lowest BCUT2D eigenvalue weighted by atomic mass is 10.1. The molecule has 0 atom stereocenters. The Bertz CT molecular complexity index is 245. The van der Waals surface area contributed by atoms with Gasteiger partial charge in [0.05, 0.1) is 53.4 Å². The van der Waals surface area contributed by atoms with Crippen molar-refractivity contribution in [2.75, 3.05) is 53.4 Å². The van der Waals surface area contributed by atoms with Gasteiger partial charge in [0, 0.05) is 0 Å². The summed E-state index contributed by atoms with van der Waals surface area (Å²) in [5.41, 5.74) is 0. The zero-order chi connectivity index (χ0) is 15.6. The molecule has 21 heavy (non-hydrogen) atoms. The Hall–Kier alpha value is -0.0800. The van der Waals surface area contributed by atoms with Crippen molar-refractivity contribution in [2.24, 2.45) is 0 Å². The first-order valence-corrected chi connectivity index (χ1v) is 9.71. The summed E-state index contributed by atoms with van der Waals surface area (Å²) in [5.74, 6) is 0. The van der Waals surface area contributed by atoms with Crippen molar-refractivity contribution in [1.29, 1.82) is 0 Å². The summed E-state index contributed by atoms with van der Waals surface area (Å²) in [4.78, 5) is 0. The van der Waals surface area contributed by atoms with E-state index in [1.54, 1.807) is 0 Å². The van der Waals surface area contributed by atoms with Gasteiger partial charge < -0.3 is 8.97 Å². The minimum atomic E-state index is 1.34. The normalized spacial score (nSPS) is 24.0. The molecule has 2 nitrogen and oxygen atoms in total. The van der Waals surface area contributed by atoms with Crippen molar-refractivity contribution >= 4 is 0 Å². The molecule has 0 aromatic heterocycles. The summed E-state index contributed by atoms with van der Waals surface area (Å²) < 4.78 is 2.70. The maximum Gasteiger partial charge on any atom is 0.0784 e. The Labute approximate surface area is 134 Å². The van der Waals surface area contributed by atoms with E-state index in [0.717, 1.165) is 0 Å². The zero-order valence-corrected chi connectivity index (χ0v) is 15.5. The molecule has 0 aromatic rings. The van der Waals surface area contributed by atoms with Crippen LogP contribution in [0.25, 0.3) is 0 Å². The molecule has 126 valence electrons. The highest BCUT2D eigenvalue weighted by Gasteiger charge is 2.23. The van der Waals surface area contributed by atoms with Crippen molar-refractivity contribution < 1.29 is 8.97 Å². The molecule has 2 aliphatic heterocycles. The van der Waals surface area contributed by atoms with E-state index in [9.17, 15) is 0 Å². The highest BCUT2D eigenvalue weighted by atomic mass is 15.3. The Morgan fingerprint density at radius 3 is 1.38 bits per heavy atom. The second-order valence-electron chi connectivity index (χ2n) is 8.06. The molecule has 2 aliphatic rings. The first kappa shape index (κ1) is 19.0. The maximum absolute atomic E-state index is 2.43. The van der Waals surface area contributed by atoms with Crippen molar-refractivity contribution in [2.45, 2.75) is 71.6 Å². The van der Waals surface area contributed by atoms with Crippen LogP contribution in [0.15, 0.2) is 0 Å². The second kappa shape index (κ2) is 9.84. The quantitative estimate of drug-likeness (QED) is 0.658. The fourth-order valence-electron chi connectivity index (χ4n) is 4.08. The largest absolute Gasteiger partial charge is 0.326 e. The fourth-order valence-corrected chi connectivity index (χ4v) is 4.08. The average Bonchev–Trinajstić information content (AvgIpc) is 2.47. The van der Waals surface area contributed by atoms with Gasteiger partial charge in [0.2, 0.25) is 0 Å². The number of hydrogen-bond acceptors (Lipinski definition) is 0. The molecule has 2 fully saturated rings. The summed E-state index contributed by atoms with van der Waals surface area (Å²) in [6, 6.07) is 0. The smallest absolute Gasteiger partial charge is 0.0784 e. The molecule has 2 heteroatoms. The second-order valence-corrected chi connectivity index (χ2v) is 8.06. The molecule has 2 saturated heterocycles. The predicted octanol–water partition coefficient (Wildman–Crippen LogP) is 4.44. The first-order valence-electron chi connectivity index (χ1n) is 9.71. The third-order valence-electron chi connectivity index (χ3n) is 5.61. The SMILES string of the molecule is CCCC[N+]1(C)CCCCC1.CCC[N+]1(C)CCCCC1. The number of nitrogens with zero attached hydrogens (tertiary/aromatic N) is 2. The van der Waals surface area contributed by atoms with Crippen LogP contribution in [0.3, 0.4) is 0 Å². The lowest BCUT2D eigenvalue weighted by Crippen LogP contribution is -2.48. The van der Waals surface area contributed by atoms with Gasteiger partial charge in [0.1, 0.15) is 0 Å². The summed E-state index contributed by atoms with van der Waals surface area (Å²) >= 11 is 0. The van der Waals surface area contributed by atoms with Gasteiger partial charge in [0.15, 0.2) is 0 Å². The van der Waals surface area contributed by atoms with Crippen molar-refractivity contribution in [3.8, 4) is 0 Å². The summed E-state index contributed by atoms with van der Waals surface area (Å²) in [5, 5.41) is 0. The van der Waals surface area contributed by atoms with Gasteiger partial charge in [-0.05, 0) is 51.4 Å². The van der Waals surface area contributed by atoms with Crippen LogP contribution in [-0.2, 0) is 0 Å². The first-order chi connectivity index (χ1) is 10.0. The van der Waals surface area contributed by atoms with Crippen LogP contribution in [0.2, 0.25) is 0 Å². The van der Waals surface area contributed by atoms with Gasteiger partial charge in [-0.15, -0.1) is 0 Å². The highest BCUT2D eigenvalue weighted by Crippen LogP contribution is 2.17. The number of rotatable bonds is 5. The van der Waals surface area contributed by atoms with Gasteiger partial charge in [-0.1, -0.05) is 20.3 Å². The molecule has 0 spiro atoms. The number of likely N-dealkylation sites (tertiary alicyclic amines) is 2. The molecule has 2 heterocycles. The lowest BCUT2D eigenvalue weighted by Gasteiger charge is -2.37. The molecule has 0 aromatic carbocycles. The standard InChI is InChI=1S/C10H22N.C9H20N/c1-3-4-8-11(2)9-6-5-7-10-11;1-3-7-10(2)8-5-4-6-9-10/h3-10H2,1-2H3;3-9H2,1-2H3/q2*+1. The topological polar surface area (TPSA) is 0 Å². The van der Waals surface area contributed by atoms with Gasteiger partial charge in [-0.2, -0.15) is 0 Å². The molecule has 0 unspecified atom stereocenters. The molecule has 2 rings (SSSR count). The van der Waals surface area contributed by atoms with Crippen LogP contribution in [-0.4, -0.2) is 62.3 Å². The van der Waals surface area contributed by atoms with Crippen molar-refractivity contribution in [3.05, 3.63) is 0 Å². The van der Waals surface area contributed by atoms with E-state index >= 15 is 0 Å². The number of piperidine rings is 2. The summed E-state index contributed by atoms with van der Waals surface area (Å²) in [7, 11) is 4.83. The van der Waals surface area contributed by atoms with E-state index in [4.69, 9.17) is 0 Å². The Morgan fingerprint density at radius 1 is 0.571 bits per heavy atom. The Kier molecular flexibility index (Phi) is 8.89. The Balaban J connectivity index is 0.000000211. The van der Waals surface area contributed by atoms with E-state index in [2.05, 4.69) is 27.9 Å². The van der Waals surface area contributed by atoms with Crippen molar-refractivity contribution in [3.63, 3.8) is 0 Å². The molecule has 0 N–H and O–H groups in total. The van der Waals surface area contributed by atoms with E-state index in [1.165, 1.54) is 106 Å². The molecule has 0 bridgehead atoms. The van der Waals surface area contributed by atoms with Crippen LogP contribution in [0.5, 0.6) is 0 Å². The zero-order valence-electron chi connectivity index (χ0n) is 15.5. The third kappa shape index (κ3) is 7.65. The molecular weight excluding hydrogens is 256 g/mol. The van der Waals surface area contributed by atoms with E-state index in [0.29, 0.717) is 0 Å². The van der Waals surface area contributed by atoms with Crippen LogP contribution >= 0.6 is 0 Å². The van der Waals surface area contributed by atoms with Crippen LogP contribution in [0, 0.1) is 0 Å². The number of unbranched alkanes of at least 4 members (excludes halogenated alkanes) is 1. The van der Waals surface area contributed by atoms with Gasteiger partial charge in [-0.3, -0.25) is 0 Å². The average molecular weight is 299 g/mol. The maximum atomic E-state index is 2.43. The molecular formula is C19H42N2+2. The van der Waals surface area contributed by atoms with Crippen LogP contribution in [0.1, 0.15) is 71.6 Å². The van der Waals surface area contributed by atoms with Crippen LogP contribution in [0.4, 0.5) is 0 Å². The monoisotopic (exact) mass is 298 g/mol. The van der Waals surface area contributed by atoms with Crippen molar-refractivity contribution in [1.82, 2.24) is 0 Å². The lowest BCUT2D eigenvalue weighted by molar-refractivity contribution is -0.914. The minimum absolute atomic E-state index is 1.34. The van der Waals surface area contributed by atoms with E-state index < -0.39 is 0 Å². The van der Waals surface area contributed by atoms with Gasteiger partial charge in [0.25, 0.3) is 0 Å². The van der Waals surface area contributed by atoms with E-state index in [1.807, 2.05) is 0 Å². The predicted molar refractivity (Wildman–Crippen MR) is 94.5 cm³/mol. The highest BCUT2D eigenvalue weighted by molar-refractivity contribution is 4.52. The molecule has 0 aliphatic carbocycles. The van der Waals surface area contributed by atoms with Gasteiger partial charge in [-0.25, -0.2) is 0 Å². The van der Waals surface area contributed by atoms with E-state index in [-0.39, 0.29) is 0 Å². The summed E-state index contributed by atoms with van der Waals surface area (Å²) in [6.45, 7) is 13.1. The summed E-state index contributed by atoms with van der Waals surface area (Å²) in [6.07, 6.45) is 12.9. The fraction of sp³-hybridized carbons (Fsp3) is 1.00. The molecule has 0 amide bonds.